The first-order valence-electron chi connectivity index (χ1n) is 18.4. The van der Waals surface area contributed by atoms with Crippen molar-refractivity contribution in [3.8, 4) is 5.75 Å². The minimum absolute atomic E-state index is 0.0610. The first kappa shape index (κ1) is 38.4. The molecule has 0 aromatic heterocycles. The summed E-state index contributed by atoms with van der Waals surface area (Å²) < 4.78 is 5.52. The predicted molar refractivity (Wildman–Crippen MR) is 198 cm³/mol. The average molecular weight is 701 g/mol. The maximum atomic E-state index is 14.0. The Bertz CT molecular complexity index is 1550. The van der Waals surface area contributed by atoms with E-state index in [-0.39, 0.29) is 38.0 Å². The quantitative estimate of drug-likeness (QED) is 0.154. The van der Waals surface area contributed by atoms with Crippen LogP contribution in [-0.2, 0) is 28.9 Å². The highest BCUT2D eigenvalue weighted by Gasteiger charge is 2.37. The van der Waals surface area contributed by atoms with Crippen molar-refractivity contribution in [3.63, 3.8) is 0 Å². The van der Waals surface area contributed by atoms with Crippen molar-refractivity contribution in [1.29, 1.82) is 0 Å². The lowest BCUT2D eigenvalue weighted by molar-refractivity contribution is -0.132. The lowest BCUT2D eigenvalue weighted by Crippen LogP contribution is -2.62. The molecule has 5 rings (SSSR count). The number of aliphatic hydroxyl groups excluding tert-OH is 3. The fourth-order valence-corrected chi connectivity index (χ4v) is 7.30. The van der Waals surface area contributed by atoms with Gasteiger partial charge in [0, 0.05) is 44.1 Å². The average Bonchev–Trinajstić information content (AvgIpc) is 3.42. The van der Waals surface area contributed by atoms with Gasteiger partial charge in [-0.2, -0.15) is 0 Å². The summed E-state index contributed by atoms with van der Waals surface area (Å²) in [5.74, 6) is -0.265. The molecular weight excluding hydrogens is 644 g/mol. The Morgan fingerprint density at radius 1 is 0.961 bits per heavy atom. The topological polar surface area (TPSA) is 135 Å². The monoisotopic (exact) mass is 700 g/mol. The molecule has 10 heteroatoms. The van der Waals surface area contributed by atoms with E-state index in [9.17, 15) is 19.8 Å². The summed E-state index contributed by atoms with van der Waals surface area (Å²) >= 11 is 0. The standard InChI is InChI=1S/C41H56N4O6/c1-41(2,3)43-40(50)36-28-44(19-9-12-29-10-5-4-6-11-29)20-21-45(36)27-33(47)25-32(24-30-15-17-34(18-16-30)51-23-22-46)39(49)42-38-35-14-8-7-13-31(35)26-37(38)48/h4-8,10-11,13-18,32-33,36-38,46-48H,9,12,19-28H2,1-3H3,(H,42,49)(H,43,50)/t32-,33-,36-,37+,38-/m0/s1. The minimum Gasteiger partial charge on any atom is -0.491 e. The van der Waals surface area contributed by atoms with Gasteiger partial charge in [0.25, 0.3) is 0 Å². The molecule has 0 spiro atoms. The number of nitrogens with zero attached hydrogens (tertiary/aromatic N) is 2. The first-order chi connectivity index (χ1) is 24.5. The van der Waals surface area contributed by atoms with E-state index < -0.39 is 35.7 Å². The molecule has 1 saturated heterocycles. The van der Waals surface area contributed by atoms with Gasteiger partial charge in [-0.25, -0.2) is 0 Å². The van der Waals surface area contributed by atoms with Crippen LogP contribution in [0, 0.1) is 5.92 Å². The van der Waals surface area contributed by atoms with Gasteiger partial charge in [-0.1, -0.05) is 66.7 Å². The Morgan fingerprint density at radius 3 is 2.41 bits per heavy atom. The van der Waals surface area contributed by atoms with Gasteiger partial charge in [0.05, 0.1) is 24.9 Å². The van der Waals surface area contributed by atoms with Gasteiger partial charge in [0.15, 0.2) is 0 Å². The molecule has 276 valence electrons. The molecule has 3 aromatic rings. The fraction of sp³-hybridized carbons (Fsp3) is 0.512. The van der Waals surface area contributed by atoms with Gasteiger partial charge in [0.1, 0.15) is 18.4 Å². The van der Waals surface area contributed by atoms with E-state index in [0.717, 1.165) is 42.6 Å². The van der Waals surface area contributed by atoms with E-state index in [0.29, 0.717) is 31.7 Å². The highest BCUT2D eigenvalue weighted by atomic mass is 16.5. The molecule has 2 aliphatic rings. The number of benzene rings is 3. The van der Waals surface area contributed by atoms with Crippen LogP contribution >= 0.6 is 0 Å². The molecule has 1 aliphatic carbocycles. The molecule has 51 heavy (non-hydrogen) atoms. The third kappa shape index (κ3) is 11.3. The Balaban J connectivity index is 1.27. The number of ether oxygens (including phenoxy) is 1. The van der Waals surface area contributed by atoms with Gasteiger partial charge >= 0.3 is 0 Å². The van der Waals surface area contributed by atoms with E-state index in [1.54, 1.807) is 0 Å². The molecule has 0 radical (unpaired) electrons. The van der Waals surface area contributed by atoms with E-state index in [4.69, 9.17) is 9.84 Å². The van der Waals surface area contributed by atoms with E-state index >= 15 is 0 Å². The second-order valence-corrected chi connectivity index (χ2v) is 15.1. The van der Waals surface area contributed by atoms with Crippen molar-refractivity contribution in [3.05, 3.63) is 101 Å². The number of hydrogen-bond donors (Lipinski definition) is 5. The van der Waals surface area contributed by atoms with Gasteiger partial charge in [-0.15, -0.1) is 0 Å². The van der Waals surface area contributed by atoms with Crippen molar-refractivity contribution in [2.45, 2.75) is 82.7 Å². The zero-order valence-corrected chi connectivity index (χ0v) is 30.3. The van der Waals surface area contributed by atoms with Crippen LogP contribution < -0.4 is 15.4 Å². The summed E-state index contributed by atoms with van der Waals surface area (Å²) in [6.07, 6.45) is 1.39. The normalized spacial score (nSPS) is 20.7. The zero-order chi connectivity index (χ0) is 36.4. The van der Waals surface area contributed by atoms with Crippen molar-refractivity contribution < 1.29 is 29.6 Å². The summed E-state index contributed by atoms with van der Waals surface area (Å²) in [7, 11) is 0. The maximum Gasteiger partial charge on any atom is 0.239 e. The van der Waals surface area contributed by atoms with Gasteiger partial charge < -0.3 is 30.7 Å². The molecule has 2 amide bonds. The largest absolute Gasteiger partial charge is 0.491 e. The number of carbonyl (C=O) groups excluding carboxylic acids is 2. The van der Waals surface area contributed by atoms with Crippen LogP contribution in [0.4, 0.5) is 0 Å². The summed E-state index contributed by atoms with van der Waals surface area (Å²) in [5, 5.41) is 37.9. The van der Waals surface area contributed by atoms with E-state index in [1.165, 1.54) is 5.56 Å². The Morgan fingerprint density at radius 2 is 1.69 bits per heavy atom. The van der Waals surface area contributed by atoms with Crippen LogP contribution in [0.1, 0.15) is 61.9 Å². The Labute approximate surface area is 302 Å². The highest BCUT2D eigenvalue weighted by Crippen LogP contribution is 2.32. The second-order valence-electron chi connectivity index (χ2n) is 15.1. The summed E-state index contributed by atoms with van der Waals surface area (Å²) in [4.78, 5) is 32.1. The number of carbonyl (C=O) groups is 2. The second kappa shape index (κ2) is 18.1. The zero-order valence-electron chi connectivity index (χ0n) is 30.3. The molecule has 0 bridgehead atoms. The van der Waals surface area contributed by atoms with Crippen LogP contribution in [0.5, 0.6) is 5.75 Å². The number of hydrogen-bond acceptors (Lipinski definition) is 8. The molecule has 1 aliphatic heterocycles. The molecule has 5 atom stereocenters. The lowest BCUT2D eigenvalue weighted by atomic mass is 9.91. The summed E-state index contributed by atoms with van der Waals surface area (Å²) in [5.41, 5.74) is 3.74. The number of rotatable bonds is 16. The third-order valence-electron chi connectivity index (χ3n) is 9.80. The highest BCUT2D eigenvalue weighted by molar-refractivity contribution is 5.83. The number of aliphatic hydroxyl groups is 3. The number of fused-ring (bicyclic) bond motifs is 1. The smallest absolute Gasteiger partial charge is 0.239 e. The van der Waals surface area contributed by atoms with Crippen molar-refractivity contribution in [1.82, 2.24) is 20.4 Å². The number of piperazine rings is 1. The molecule has 10 nitrogen and oxygen atoms in total. The Kier molecular flexibility index (Phi) is 13.6. The third-order valence-corrected chi connectivity index (χ3v) is 9.80. The molecule has 1 fully saturated rings. The van der Waals surface area contributed by atoms with E-state index in [1.807, 2.05) is 75.4 Å². The minimum atomic E-state index is -0.872. The lowest BCUT2D eigenvalue weighted by Gasteiger charge is -2.42. The van der Waals surface area contributed by atoms with Crippen LogP contribution in [0.15, 0.2) is 78.9 Å². The van der Waals surface area contributed by atoms with Crippen LogP contribution in [0.25, 0.3) is 0 Å². The SMILES string of the molecule is CC(C)(C)NC(=O)[C@@H]1CN(CCCc2ccccc2)CCN1C[C@@H](O)C[C@H](Cc1ccc(OCCO)cc1)C(=O)N[C@H]1c2ccccc2C[C@H]1O. The van der Waals surface area contributed by atoms with Gasteiger partial charge in [0.2, 0.25) is 11.8 Å². The summed E-state index contributed by atoms with van der Waals surface area (Å²) in [6, 6.07) is 24.6. The Hall–Kier alpha value is -3.80. The molecule has 0 saturated carbocycles. The maximum absolute atomic E-state index is 14.0. The van der Waals surface area contributed by atoms with Gasteiger partial charge in [-0.05, 0) is 87.4 Å². The molecule has 0 unspecified atom stereocenters. The summed E-state index contributed by atoms with van der Waals surface area (Å²) in [6.45, 7) is 9.14. The number of amides is 2. The fourth-order valence-electron chi connectivity index (χ4n) is 7.30. The molecular formula is C41H56N4O6. The predicted octanol–water partition coefficient (Wildman–Crippen LogP) is 3.28. The van der Waals surface area contributed by atoms with Crippen molar-refractivity contribution in [2.75, 3.05) is 45.9 Å². The first-order valence-corrected chi connectivity index (χ1v) is 18.4. The molecule has 3 aromatic carbocycles. The number of aryl methyl sites for hydroxylation is 1. The molecule has 5 N–H and O–H groups in total. The van der Waals surface area contributed by atoms with Crippen molar-refractivity contribution >= 4 is 11.8 Å². The molecule has 1 heterocycles. The van der Waals surface area contributed by atoms with Crippen molar-refractivity contribution in [2.24, 2.45) is 5.92 Å². The van der Waals surface area contributed by atoms with Gasteiger partial charge in [-0.3, -0.25) is 19.4 Å². The number of β-amino-alcohol motifs (C(OH)–C–C–N with tert-alkyl or cyclic N) is 1. The van der Waals surface area contributed by atoms with E-state index in [2.05, 4.69) is 44.7 Å². The van der Waals surface area contributed by atoms with Crippen LogP contribution in [-0.4, -0.2) is 107 Å². The van der Waals surface area contributed by atoms with Crippen LogP contribution in [0.2, 0.25) is 0 Å². The van der Waals surface area contributed by atoms with Crippen LogP contribution in [0.3, 0.4) is 0 Å². The number of nitrogens with one attached hydrogen (secondary N) is 2.